The molecule has 1 heterocycles. The normalized spacial score (nSPS) is 29.9. The number of nitrogens with two attached hydrogens (primary N) is 1. The molecule has 1 aliphatic heterocycles. The summed E-state index contributed by atoms with van der Waals surface area (Å²) in [4.78, 5) is 0. The Hall–Kier alpha value is 0.400. The lowest BCUT2D eigenvalue weighted by Crippen LogP contribution is -2.41. The van der Waals surface area contributed by atoms with Crippen LogP contribution in [0.2, 0.25) is 0 Å². The second-order valence-electron chi connectivity index (χ2n) is 3.68. The molecule has 1 fully saturated rings. The minimum absolute atomic E-state index is 0.357. The van der Waals surface area contributed by atoms with Gasteiger partial charge in [-0.2, -0.15) is 23.5 Å². The van der Waals surface area contributed by atoms with Crippen LogP contribution in [0.1, 0.15) is 26.2 Å². The van der Waals surface area contributed by atoms with Gasteiger partial charge in [0, 0.05) is 28.0 Å². The highest BCUT2D eigenvalue weighted by atomic mass is 32.2. The van der Waals surface area contributed by atoms with Gasteiger partial charge in [0.25, 0.3) is 0 Å². The van der Waals surface area contributed by atoms with Gasteiger partial charge in [0.1, 0.15) is 0 Å². The quantitative estimate of drug-likeness (QED) is 0.737. The average Bonchev–Trinajstić information content (AvgIpc) is 2.25. The number of thioether (sulfide) groups is 2. The van der Waals surface area contributed by atoms with Gasteiger partial charge in [0.05, 0.1) is 0 Å². The molecule has 0 aromatic heterocycles. The zero-order valence-corrected chi connectivity index (χ0v) is 10.6. The molecule has 0 aliphatic carbocycles. The second kappa shape index (κ2) is 6.81. The van der Waals surface area contributed by atoms with Gasteiger partial charge in [-0.15, -0.1) is 6.58 Å². The maximum Gasteiger partial charge on any atom is 0.0318 e. The Balaban J connectivity index is 2.41. The standard InChI is InChI=1S/C11H21NS2/c1-3-5-6-9(12)11-10(4-2)13-7-8-14-11/h3,9-11H,1,4-8,12H2,2H3. The van der Waals surface area contributed by atoms with E-state index in [9.17, 15) is 0 Å². The van der Waals surface area contributed by atoms with E-state index < -0.39 is 0 Å². The first-order chi connectivity index (χ1) is 6.79. The summed E-state index contributed by atoms with van der Waals surface area (Å²) in [7, 11) is 0. The van der Waals surface area contributed by atoms with Crippen molar-refractivity contribution in [3.8, 4) is 0 Å². The van der Waals surface area contributed by atoms with Gasteiger partial charge < -0.3 is 5.73 Å². The van der Waals surface area contributed by atoms with Gasteiger partial charge in [-0.05, 0) is 19.3 Å². The molecule has 0 saturated carbocycles. The maximum absolute atomic E-state index is 6.22. The summed E-state index contributed by atoms with van der Waals surface area (Å²) in [5.41, 5.74) is 6.22. The molecule has 1 rings (SSSR count). The largest absolute Gasteiger partial charge is 0.327 e. The van der Waals surface area contributed by atoms with E-state index in [1.807, 2.05) is 6.08 Å². The van der Waals surface area contributed by atoms with Crippen LogP contribution in [-0.2, 0) is 0 Å². The van der Waals surface area contributed by atoms with E-state index >= 15 is 0 Å². The molecule has 1 nitrogen and oxygen atoms in total. The lowest BCUT2D eigenvalue weighted by molar-refractivity contribution is 0.566. The van der Waals surface area contributed by atoms with Crippen LogP contribution >= 0.6 is 23.5 Å². The number of rotatable bonds is 5. The van der Waals surface area contributed by atoms with Gasteiger partial charge in [0.2, 0.25) is 0 Å². The van der Waals surface area contributed by atoms with Gasteiger partial charge in [-0.25, -0.2) is 0 Å². The zero-order valence-electron chi connectivity index (χ0n) is 8.95. The van der Waals surface area contributed by atoms with E-state index in [1.54, 1.807) is 0 Å². The first kappa shape index (κ1) is 12.5. The summed E-state index contributed by atoms with van der Waals surface area (Å²) in [5.74, 6) is 2.57. The Kier molecular flexibility index (Phi) is 6.06. The summed E-state index contributed by atoms with van der Waals surface area (Å²) in [6.45, 7) is 6.02. The van der Waals surface area contributed by atoms with E-state index in [4.69, 9.17) is 5.73 Å². The van der Waals surface area contributed by atoms with Crippen molar-refractivity contribution in [2.45, 2.75) is 42.7 Å². The van der Waals surface area contributed by atoms with E-state index in [-0.39, 0.29) is 0 Å². The molecule has 82 valence electrons. The highest BCUT2D eigenvalue weighted by Gasteiger charge is 2.29. The summed E-state index contributed by atoms with van der Waals surface area (Å²) < 4.78 is 0. The molecule has 0 amide bonds. The number of allylic oxidation sites excluding steroid dienone is 1. The van der Waals surface area contributed by atoms with Gasteiger partial charge in [0.15, 0.2) is 0 Å². The Bertz CT molecular complexity index is 173. The lowest BCUT2D eigenvalue weighted by Gasteiger charge is -2.34. The second-order valence-corrected chi connectivity index (χ2v) is 6.32. The topological polar surface area (TPSA) is 26.0 Å². The Morgan fingerprint density at radius 1 is 1.50 bits per heavy atom. The predicted molar refractivity (Wildman–Crippen MR) is 70.2 cm³/mol. The fourth-order valence-electron chi connectivity index (χ4n) is 1.81. The smallest absolute Gasteiger partial charge is 0.0318 e. The maximum atomic E-state index is 6.22. The van der Waals surface area contributed by atoms with Crippen molar-refractivity contribution in [2.75, 3.05) is 11.5 Å². The van der Waals surface area contributed by atoms with Gasteiger partial charge in [-0.1, -0.05) is 13.0 Å². The van der Waals surface area contributed by atoms with Crippen molar-refractivity contribution in [3.63, 3.8) is 0 Å². The fourth-order valence-corrected chi connectivity index (χ4v) is 5.04. The van der Waals surface area contributed by atoms with Crippen molar-refractivity contribution in [1.82, 2.24) is 0 Å². The van der Waals surface area contributed by atoms with Crippen molar-refractivity contribution < 1.29 is 0 Å². The van der Waals surface area contributed by atoms with Crippen LogP contribution in [0.3, 0.4) is 0 Å². The predicted octanol–water partition coefficient (Wildman–Crippen LogP) is 2.91. The zero-order chi connectivity index (χ0) is 10.4. The molecule has 3 unspecified atom stereocenters. The molecule has 0 bridgehead atoms. The van der Waals surface area contributed by atoms with E-state index in [0.29, 0.717) is 11.3 Å². The lowest BCUT2D eigenvalue weighted by atomic mass is 10.0. The van der Waals surface area contributed by atoms with Crippen molar-refractivity contribution >= 4 is 23.5 Å². The average molecular weight is 231 g/mol. The molecule has 0 aromatic rings. The Morgan fingerprint density at radius 3 is 2.86 bits per heavy atom. The molecule has 14 heavy (non-hydrogen) atoms. The highest BCUT2D eigenvalue weighted by molar-refractivity contribution is 8.07. The third-order valence-electron chi connectivity index (χ3n) is 2.62. The molecule has 2 N–H and O–H groups in total. The van der Waals surface area contributed by atoms with Crippen LogP contribution in [0.5, 0.6) is 0 Å². The molecule has 1 saturated heterocycles. The van der Waals surface area contributed by atoms with Crippen LogP contribution < -0.4 is 5.73 Å². The molecular formula is C11H21NS2. The summed E-state index contributed by atoms with van der Waals surface area (Å²) in [6, 6.07) is 0.357. The molecule has 1 aliphatic rings. The molecule has 0 aromatic carbocycles. The minimum atomic E-state index is 0.357. The van der Waals surface area contributed by atoms with Gasteiger partial charge >= 0.3 is 0 Å². The minimum Gasteiger partial charge on any atom is -0.327 e. The molecule has 3 heteroatoms. The number of hydrogen-bond acceptors (Lipinski definition) is 3. The Labute approximate surface area is 96.3 Å². The van der Waals surface area contributed by atoms with Crippen LogP contribution in [0, 0.1) is 0 Å². The van der Waals surface area contributed by atoms with E-state index in [1.165, 1.54) is 17.9 Å². The first-order valence-corrected chi connectivity index (χ1v) is 7.49. The van der Waals surface area contributed by atoms with Crippen LogP contribution in [0.4, 0.5) is 0 Å². The summed E-state index contributed by atoms with van der Waals surface area (Å²) >= 11 is 4.18. The summed E-state index contributed by atoms with van der Waals surface area (Å²) in [5, 5.41) is 1.44. The number of hydrogen-bond donors (Lipinski definition) is 1. The SMILES string of the molecule is C=CCCC(N)C1SCCSC1CC. The van der Waals surface area contributed by atoms with Crippen LogP contribution in [0.15, 0.2) is 12.7 Å². The van der Waals surface area contributed by atoms with E-state index in [2.05, 4.69) is 37.0 Å². The molecular weight excluding hydrogens is 210 g/mol. The van der Waals surface area contributed by atoms with Crippen molar-refractivity contribution in [3.05, 3.63) is 12.7 Å². The van der Waals surface area contributed by atoms with Crippen LogP contribution in [0.25, 0.3) is 0 Å². The summed E-state index contributed by atoms with van der Waals surface area (Å²) in [6.07, 6.45) is 5.38. The van der Waals surface area contributed by atoms with E-state index in [0.717, 1.165) is 18.1 Å². The monoisotopic (exact) mass is 231 g/mol. The van der Waals surface area contributed by atoms with Crippen molar-refractivity contribution in [1.29, 1.82) is 0 Å². The molecule has 0 spiro atoms. The highest BCUT2D eigenvalue weighted by Crippen LogP contribution is 2.35. The van der Waals surface area contributed by atoms with Crippen molar-refractivity contribution in [2.24, 2.45) is 5.73 Å². The van der Waals surface area contributed by atoms with Crippen LogP contribution in [-0.4, -0.2) is 28.0 Å². The third kappa shape index (κ3) is 3.52. The molecule has 3 atom stereocenters. The molecule has 0 radical (unpaired) electrons. The Morgan fingerprint density at radius 2 is 2.21 bits per heavy atom. The first-order valence-electron chi connectivity index (χ1n) is 5.39. The third-order valence-corrected chi connectivity index (χ3v) is 6.05. The fraction of sp³-hybridized carbons (Fsp3) is 0.818. The van der Waals surface area contributed by atoms with Gasteiger partial charge in [-0.3, -0.25) is 0 Å².